The normalized spacial score (nSPS) is 14.9. The van der Waals surface area contributed by atoms with E-state index in [9.17, 15) is 9.59 Å². The van der Waals surface area contributed by atoms with Gasteiger partial charge in [0.2, 0.25) is 0 Å². The van der Waals surface area contributed by atoms with Gasteiger partial charge >= 0.3 is 5.97 Å². The third kappa shape index (κ3) is 4.40. The van der Waals surface area contributed by atoms with Crippen LogP contribution in [0.5, 0.6) is 0 Å². The molecule has 3 heterocycles. The van der Waals surface area contributed by atoms with E-state index in [0.717, 1.165) is 41.5 Å². The van der Waals surface area contributed by atoms with Crippen molar-refractivity contribution in [3.05, 3.63) is 45.8 Å². The fourth-order valence-electron chi connectivity index (χ4n) is 2.97. The summed E-state index contributed by atoms with van der Waals surface area (Å²) in [6.45, 7) is 5.77. The number of hydrogen-bond acceptors (Lipinski definition) is 6. The monoisotopic (exact) mass is 373 g/mol. The van der Waals surface area contributed by atoms with E-state index in [1.807, 2.05) is 25.1 Å². The smallest absolute Gasteiger partial charge is 0.339 e. The van der Waals surface area contributed by atoms with Crippen molar-refractivity contribution in [2.45, 2.75) is 32.7 Å². The van der Waals surface area contributed by atoms with Crippen LogP contribution in [0.25, 0.3) is 0 Å². The molecule has 0 atom stereocenters. The number of pyridine rings is 1. The quantitative estimate of drug-likeness (QED) is 0.816. The summed E-state index contributed by atoms with van der Waals surface area (Å²) in [4.78, 5) is 32.4. The molecular formula is C19H23N3O3S. The Kier molecular flexibility index (Phi) is 5.88. The minimum absolute atomic E-state index is 0.0125. The highest BCUT2D eigenvalue weighted by Crippen LogP contribution is 2.20. The standard InChI is InChI=1S/C19H23N3O3S/c1-3-25-19(24)14-5-7-17(20-12-14)22-10-8-15(9-11-22)21-18(23)16-6-4-13(2)26-16/h4-7,12,15H,3,8-11H2,1-2H3,(H,21,23). The summed E-state index contributed by atoms with van der Waals surface area (Å²) in [5, 5.41) is 3.12. The SMILES string of the molecule is CCOC(=O)c1ccc(N2CCC(NC(=O)c3ccc(C)s3)CC2)nc1. The fraction of sp³-hybridized carbons (Fsp3) is 0.421. The molecule has 1 saturated heterocycles. The van der Waals surface area contributed by atoms with E-state index in [1.54, 1.807) is 19.2 Å². The zero-order chi connectivity index (χ0) is 18.5. The van der Waals surface area contributed by atoms with Crippen LogP contribution < -0.4 is 10.2 Å². The van der Waals surface area contributed by atoms with Crippen molar-refractivity contribution in [2.75, 3.05) is 24.6 Å². The van der Waals surface area contributed by atoms with Crippen LogP contribution >= 0.6 is 11.3 Å². The van der Waals surface area contributed by atoms with Gasteiger partial charge in [-0.3, -0.25) is 4.79 Å². The molecule has 0 saturated carbocycles. The number of piperidine rings is 1. The molecule has 0 aliphatic carbocycles. The largest absolute Gasteiger partial charge is 0.462 e. The van der Waals surface area contributed by atoms with Crippen LogP contribution in [-0.2, 0) is 4.74 Å². The predicted octanol–water partition coefficient (Wildman–Crippen LogP) is 3.03. The van der Waals surface area contributed by atoms with Crippen LogP contribution in [0, 0.1) is 6.92 Å². The van der Waals surface area contributed by atoms with Crippen molar-refractivity contribution in [1.29, 1.82) is 0 Å². The molecule has 1 amide bonds. The Bertz CT molecular complexity index is 765. The van der Waals surface area contributed by atoms with Gasteiger partial charge in [0.05, 0.1) is 17.0 Å². The Hall–Kier alpha value is -2.41. The average Bonchev–Trinajstić information content (AvgIpc) is 3.09. The number of nitrogens with zero attached hydrogens (tertiary/aromatic N) is 2. The molecule has 1 fully saturated rings. The lowest BCUT2D eigenvalue weighted by Crippen LogP contribution is -2.44. The molecule has 3 rings (SSSR count). The highest BCUT2D eigenvalue weighted by atomic mass is 32.1. The number of anilines is 1. The number of carbonyl (C=O) groups is 2. The molecule has 2 aromatic rings. The number of nitrogens with one attached hydrogen (secondary N) is 1. The number of hydrogen-bond donors (Lipinski definition) is 1. The number of rotatable bonds is 5. The molecule has 0 spiro atoms. The topological polar surface area (TPSA) is 71.5 Å². The summed E-state index contributed by atoms with van der Waals surface area (Å²) < 4.78 is 4.97. The van der Waals surface area contributed by atoms with Gasteiger partial charge in [0.1, 0.15) is 5.82 Å². The highest BCUT2D eigenvalue weighted by Gasteiger charge is 2.22. The van der Waals surface area contributed by atoms with Gasteiger partial charge in [0, 0.05) is 30.2 Å². The van der Waals surface area contributed by atoms with E-state index in [-0.39, 0.29) is 17.9 Å². The zero-order valence-corrected chi connectivity index (χ0v) is 15.8. The van der Waals surface area contributed by atoms with Crippen LogP contribution in [0.15, 0.2) is 30.5 Å². The number of esters is 1. The Balaban J connectivity index is 1.52. The Morgan fingerprint density at radius 1 is 1.27 bits per heavy atom. The molecule has 0 unspecified atom stereocenters. The third-order valence-electron chi connectivity index (χ3n) is 4.38. The van der Waals surface area contributed by atoms with E-state index in [2.05, 4.69) is 15.2 Å². The molecule has 6 nitrogen and oxygen atoms in total. The first-order valence-electron chi connectivity index (χ1n) is 8.82. The number of carbonyl (C=O) groups excluding carboxylic acids is 2. The predicted molar refractivity (Wildman–Crippen MR) is 102 cm³/mol. The first-order chi connectivity index (χ1) is 12.6. The van der Waals surface area contributed by atoms with Crippen molar-refractivity contribution in [2.24, 2.45) is 0 Å². The number of aryl methyl sites for hydroxylation is 1. The Morgan fingerprint density at radius 3 is 2.62 bits per heavy atom. The van der Waals surface area contributed by atoms with Gasteiger partial charge in [0.25, 0.3) is 5.91 Å². The third-order valence-corrected chi connectivity index (χ3v) is 5.38. The lowest BCUT2D eigenvalue weighted by atomic mass is 10.0. The van der Waals surface area contributed by atoms with Crippen molar-refractivity contribution in [3.8, 4) is 0 Å². The molecule has 2 aromatic heterocycles. The fourth-order valence-corrected chi connectivity index (χ4v) is 3.74. The van der Waals surface area contributed by atoms with Gasteiger partial charge in [-0.05, 0) is 51.0 Å². The number of aromatic nitrogens is 1. The molecule has 26 heavy (non-hydrogen) atoms. The van der Waals surface area contributed by atoms with Gasteiger partial charge in [-0.1, -0.05) is 0 Å². The van der Waals surface area contributed by atoms with Crippen LogP contribution in [0.4, 0.5) is 5.82 Å². The number of amides is 1. The maximum atomic E-state index is 12.3. The molecule has 1 aliphatic rings. The summed E-state index contributed by atoms with van der Waals surface area (Å²) in [5.41, 5.74) is 0.462. The molecule has 7 heteroatoms. The zero-order valence-electron chi connectivity index (χ0n) is 15.0. The minimum Gasteiger partial charge on any atom is -0.462 e. The molecule has 0 aromatic carbocycles. The maximum Gasteiger partial charge on any atom is 0.339 e. The second-order valence-electron chi connectivity index (χ2n) is 6.27. The second-order valence-corrected chi connectivity index (χ2v) is 7.56. The summed E-state index contributed by atoms with van der Waals surface area (Å²) in [7, 11) is 0. The van der Waals surface area contributed by atoms with Gasteiger partial charge in [0.15, 0.2) is 0 Å². The van der Waals surface area contributed by atoms with E-state index in [1.165, 1.54) is 11.3 Å². The lowest BCUT2D eigenvalue weighted by Gasteiger charge is -2.33. The van der Waals surface area contributed by atoms with Crippen LogP contribution in [-0.4, -0.2) is 42.6 Å². The summed E-state index contributed by atoms with van der Waals surface area (Å²) in [5.74, 6) is 0.506. The van der Waals surface area contributed by atoms with Crippen LogP contribution in [0.3, 0.4) is 0 Å². The lowest BCUT2D eigenvalue weighted by molar-refractivity contribution is 0.0525. The van der Waals surface area contributed by atoms with E-state index >= 15 is 0 Å². The first kappa shape index (κ1) is 18.4. The number of thiophene rings is 1. The molecule has 0 bridgehead atoms. The Labute approximate surface area is 157 Å². The van der Waals surface area contributed by atoms with Gasteiger partial charge in [-0.25, -0.2) is 9.78 Å². The maximum absolute atomic E-state index is 12.3. The molecule has 1 aliphatic heterocycles. The van der Waals surface area contributed by atoms with Gasteiger partial charge in [-0.15, -0.1) is 11.3 Å². The second kappa shape index (κ2) is 8.31. The molecule has 1 N–H and O–H groups in total. The van der Waals surface area contributed by atoms with Crippen molar-refractivity contribution < 1.29 is 14.3 Å². The molecular weight excluding hydrogens is 350 g/mol. The summed E-state index contributed by atoms with van der Waals surface area (Å²) in [6.07, 6.45) is 3.30. The van der Waals surface area contributed by atoms with Crippen molar-refractivity contribution >= 4 is 29.0 Å². The van der Waals surface area contributed by atoms with Crippen LogP contribution in [0.2, 0.25) is 0 Å². The highest BCUT2D eigenvalue weighted by molar-refractivity contribution is 7.13. The number of ether oxygens (including phenoxy) is 1. The van der Waals surface area contributed by atoms with Crippen LogP contribution in [0.1, 0.15) is 44.7 Å². The molecule has 0 radical (unpaired) electrons. The molecule has 138 valence electrons. The van der Waals surface area contributed by atoms with E-state index in [4.69, 9.17) is 4.74 Å². The summed E-state index contributed by atoms with van der Waals surface area (Å²) in [6, 6.07) is 7.61. The van der Waals surface area contributed by atoms with E-state index < -0.39 is 0 Å². The first-order valence-corrected chi connectivity index (χ1v) is 9.64. The van der Waals surface area contributed by atoms with E-state index in [0.29, 0.717) is 12.2 Å². The summed E-state index contributed by atoms with van der Waals surface area (Å²) >= 11 is 1.52. The van der Waals surface area contributed by atoms with Crippen molar-refractivity contribution in [3.63, 3.8) is 0 Å². The average molecular weight is 373 g/mol. The Morgan fingerprint density at radius 2 is 2.04 bits per heavy atom. The van der Waals surface area contributed by atoms with Gasteiger partial charge in [-0.2, -0.15) is 0 Å². The van der Waals surface area contributed by atoms with Crippen molar-refractivity contribution in [1.82, 2.24) is 10.3 Å². The minimum atomic E-state index is -0.350. The van der Waals surface area contributed by atoms with Gasteiger partial charge < -0.3 is 15.0 Å².